The number of fused-ring (bicyclic) bond motifs is 1. The van der Waals surface area contributed by atoms with E-state index in [2.05, 4.69) is 20.2 Å². The Labute approximate surface area is 180 Å². The minimum atomic E-state index is -0.126. The molecule has 30 heavy (non-hydrogen) atoms. The molecule has 1 atom stereocenters. The molecule has 0 N–H and O–H groups in total. The summed E-state index contributed by atoms with van der Waals surface area (Å²) in [6.45, 7) is 3.88. The number of thiophene rings is 1. The fourth-order valence-corrected chi connectivity index (χ4v) is 4.92. The van der Waals surface area contributed by atoms with Gasteiger partial charge in [0.25, 0.3) is 11.7 Å². The monoisotopic (exact) mass is 438 g/mol. The third-order valence-corrected chi connectivity index (χ3v) is 6.56. The number of aryl methyl sites for hydroxylation is 2. The second-order valence-electron chi connectivity index (χ2n) is 6.93. The maximum absolute atomic E-state index is 13.1. The van der Waals surface area contributed by atoms with Crippen LogP contribution in [-0.2, 0) is 4.79 Å². The minimum Gasteiger partial charge on any atom is -0.463 e. The summed E-state index contributed by atoms with van der Waals surface area (Å²) in [4.78, 5) is 23.0. The molecule has 0 spiro atoms. The first-order valence-electron chi connectivity index (χ1n) is 9.39. The number of thioether (sulfide) groups is 1. The molecule has 0 saturated carbocycles. The zero-order chi connectivity index (χ0) is 20.7. The van der Waals surface area contributed by atoms with Crippen LogP contribution in [0.1, 0.15) is 34.5 Å². The predicted octanol–water partition coefficient (Wildman–Crippen LogP) is 3.87. The van der Waals surface area contributed by atoms with Crippen molar-refractivity contribution in [2.75, 3.05) is 5.75 Å². The van der Waals surface area contributed by atoms with E-state index in [1.807, 2.05) is 49.6 Å². The molecule has 152 valence electrons. The van der Waals surface area contributed by atoms with Gasteiger partial charge < -0.3 is 4.42 Å². The molecule has 0 aliphatic carbocycles. The number of amides is 1. The molecular formula is C20H18N6O2S2. The van der Waals surface area contributed by atoms with E-state index in [4.69, 9.17) is 4.42 Å². The van der Waals surface area contributed by atoms with Crippen LogP contribution in [0.5, 0.6) is 0 Å². The van der Waals surface area contributed by atoms with Crippen LogP contribution in [0.25, 0.3) is 5.78 Å². The van der Waals surface area contributed by atoms with Crippen molar-refractivity contribution < 1.29 is 9.21 Å². The normalized spacial score (nSPS) is 16.4. The Kier molecular flexibility index (Phi) is 4.87. The lowest BCUT2D eigenvalue weighted by Crippen LogP contribution is -2.28. The van der Waals surface area contributed by atoms with Gasteiger partial charge in [0.1, 0.15) is 11.5 Å². The summed E-state index contributed by atoms with van der Waals surface area (Å²) in [5.74, 6) is 1.32. The van der Waals surface area contributed by atoms with Crippen LogP contribution in [0.15, 0.2) is 56.7 Å². The van der Waals surface area contributed by atoms with E-state index in [-0.39, 0.29) is 17.7 Å². The molecule has 1 aliphatic rings. The Morgan fingerprint density at radius 3 is 2.97 bits per heavy atom. The van der Waals surface area contributed by atoms with Crippen LogP contribution in [-0.4, -0.2) is 42.0 Å². The standard InChI is InChI=1S/C20H18N6O2S2/c1-12-9-13(2)25-19(21-12)22-20(24-25)30-11-18(27)26-15(17-6-4-8-29-17)10-14(23-26)16-5-3-7-28-16/h3-9,15H,10-11H2,1-2H3. The van der Waals surface area contributed by atoms with Gasteiger partial charge in [-0.05, 0) is 43.5 Å². The number of hydrogen-bond acceptors (Lipinski definition) is 8. The van der Waals surface area contributed by atoms with Crippen molar-refractivity contribution in [3.05, 3.63) is 64.0 Å². The Morgan fingerprint density at radius 1 is 1.30 bits per heavy atom. The molecule has 1 aliphatic heterocycles. The average molecular weight is 439 g/mol. The summed E-state index contributed by atoms with van der Waals surface area (Å²) >= 11 is 2.91. The molecule has 4 aromatic heterocycles. The Balaban J connectivity index is 1.36. The van der Waals surface area contributed by atoms with Gasteiger partial charge in [-0.1, -0.05) is 17.8 Å². The van der Waals surface area contributed by atoms with E-state index in [1.165, 1.54) is 11.8 Å². The smallest absolute Gasteiger partial charge is 0.253 e. The number of rotatable bonds is 5. The van der Waals surface area contributed by atoms with Crippen LogP contribution >= 0.6 is 23.1 Å². The van der Waals surface area contributed by atoms with E-state index in [9.17, 15) is 4.79 Å². The van der Waals surface area contributed by atoms with Crippen molar-refractivity contribution in [1.82, 2.24) is 24.6 Å². The van der Waals surface area contributed by atoms with Crippen LogP contribution in [0.4, 0.5) is 0 Å². The number of hydrazone groups is 1. The predicted molar refractivity (Wildman–Crippen MR) is 115 cm³/mol. The molecule has 1 unspecified atom stereocenters. The molecular weight excluding hydrogens is 420 g/mol. The Bertz CT molecular complexity index is 1230. The molecule has 1 amide bonds. The molecule has 8 nitrogen and oxygen atoms in total. The Hall–Kier alpha value is -2.98. The summed E-state index contributed by atoms with van der Waals surface area (Å²) in [7, 11) is 0. The van der Waals surface area contributed by atoms with Gasteiger partial charge in [0.05, 0.1) is 18.1 Å². The van der Waals surface area contributed by atoms with Gasteiger partial charge in [-0.25, -0.2) is 14.5 Å². The lowest BCUT2D eigenvalue weighted by Gasteiger charge is -2.20. The highest BCUT2D eigenvalue weighted by Gasteiger charge is 2.34. The largest absolute Gasteiger partial charge is 0.463 e. The van der Waals surface area contributed by atoms with Gasteiger partial charge in [-0.15, -0.1) is 16.4 Å². The molecule has 0 fully saturated rings. The Morgan fingerprint density at radius 2 is 2.20 bits per heavy atom. The number of nitrogens with zero attached hydrogens (tertiary/aromatic N) is 6. The molecule has 0 radical (unpaired) electrons. The number of aromatic nitrogens is 4. The molecule has 0 aromatic carbocycles. The summed E-state index contributed by atoms with van der Waals surface area (Å²) in [5, 5.41) is 13.2. The topological polar surface area (TPSA) is 88.9 Å². The average Bonchev–Trinajstić information content (AvgIpc) is 3.51. The van der Waals surface area contributed by atoms with Gasteiger partial charge in [0, 0.05) is 22.7 Å². The minimum absolute atomic E-state index is 0.0975. The first-order chi connectivity index (χ1) is 14.6. The van der Waals surface area contributed by atoms with Crippen molar-refractivity contribution in [1.29, 1.82) is 0 Å². The maximum atomic E-state index is 13.1. The van der Waals surface area contributed by atoms with Crippen LogP contribution < -0.4 is 0 Å². The molecule has 0 saturated heterocycles. The molecule has 10 heteroatoms. The molecule has 5 rings (SSSR count). The third kappa shape index (κ3) is 3.52. The highest BCUT2D eigenvalue weighted by Crippen LogP contribution is 2.35. The van der Waals surface area contributed by atoms with E-state index in [0.717, 1.165) is 22.0 Å². The molecule has 4 aromatic rings. The lowest BCUT2D eigenvalue weighted by atomic mass is 10.1. The van der Waals surface area contributed by atoms with E-state index in [0.29, 0.717) is 23.1 Å². The zero-order valence-corrected chi connectivity index (χ0v) is 18.0. The van der Waals surface area contributed by atoms with Crippen molar-refractivity contribution in [3.63, 3.8) is 0 Å². The molecule has 5 heterocycles. The van der Waals surface area contributed by atoms with Crippen molar-refractivity contribution in [2.45, 2.75) is 31.5 Å². The highest BCUT2D eigenvalue weighted by atomic mass is 32.2. The summed E-state index contributed by atoms with van der Waals surface area (Å²) in [5.41, 5.74) is 2.61. The lowest BCUT2D eigenvalue weighted by molar-refractivity contribution is -0.130. The fraction of sp³-hybridized carbons (Fsp3) is 0.250. The highest BCUT2D eigenvalue weighted by molar-refractivity contribution is 7.99. The van der Waals surface area contributed by atoms with Crippen molar-refractivity contribution in [2.24, 2.45) is 5.10 Å². The zero-order valence-electron chi connectivity index (χ0n) is 16.3. The first kappa shape index (κ1) is 19.0. The maximum Gasteiger partial charge on any atom is 0.253 e. The molecule has 0 bridgehead atoms. The van der Waals surface area contributed by atoms with Gasteiger partial charge >= 0.3 is 0 Å². The fourth-order valence-electron chi connectivity index (χ4n) is 3.44. The second-order valence-corrected chi connectivity index (χ2v) is 8.85. The number of hydrogen-bond donors (Lipinski definition) is 0. The van der Waals surface area contributed by atoms with Gasteiger partial charge in [-0.2, -0.15) is 10.1 Å². The second kappa shape index (κ2) is 7.69. The van der Waals surface area contributed by atoms with Gasteiger partial charge in [0.15, 0.2) is 0 Å². The van der Waals surface area contributed by atoms with Gasteiger partial charge in [-0.3, -0.25) is 4.79 Å². The van der Waals surface area contributed by atoms with Crippen LogP contribution in [0.3, 0.4) is 0 Å². The van der Waals surface area contributed by atoms with Crippen molar-refractivity contribution in [3.8, 4) is 0 Å². The van der Waals surface area contributed by atoms with Crippen LogP contribution in [0, 0.1) is 13.8 Å². The number of furan rings is 1. The van der Waals surface area contributed by atoms with Crippen molar-refractivity contribution >= 4 is 40.5 Å². The SMILES string of the molecule is Cc1cc(C)n2nc(SCC(=O)N3N=C(c4ccco4)CC3c3cccs3)nc2n1. The quantitative estimate of drug-likeness (QED) is 0.440. The van der Waals surface area contributed by atoms with E-state index < -0.39 is 0 Å². The number of carbonyl (C=O) groups excluding carboxylic acids is 1. The summed E-state index contributed by atoms with van der Waals surface area (Å²) in [6.07, 6.45) is 2.24. The van der Waals surface area contributed by atoms with Crippen LogP contribution in [0.2, 0.25) is 0 Å². The summed E-state index contributed by atoms with van der Waals surface area (Å²) in [6, 6.07) is 9.53. The van der Waals surface area contributed by atoms with Gasteiger partial charge in [0.2, 0.25) is 5.16 Å². The van der Waals surface area contributed by atoms with E-state index >= 15 is 0 Å². The first-order valence-corrected chi connectivity index (χ1v) is 11.3. The van der Waals surface area contributed by atoms with E-state index in [1.54, 1.807) is 27.1 Å². The number of carbonyl (C=O) groups is 1. The summed E-state index contributed by atoms with van der Waals surface area (Å²) < 4.78 is 7.19. The third-order valence-electron chi connectivity index (χ3n) is 4.77.